The van der Waals surface area contributed by atoms with E-state index in [1.807, 2.05) is 26.0 Å². The van der Waals surface area contributed by atoms with Crippen LogP contribution in [0.3, 0.4) is 0 Å². The Morgan fingerprint density at radius 3 is 1.41 bits per heavy atom. The number of nitrogens with one attached hydrogen (secondary N) is 2. The van der Waals surface area contributed by atoms with E-state index >= 15 is 0 Å². The summed E-state index contributed by atoms with van der Waals surface area (Å²) in [7, 11) is 0. The number of carbonyl (C=O) groups excluding carboxylic acids is 2. The van der Waals surface area contributed by atoms with E-state index in [0.29, 0.717) is 12.8 Å². The van der Waals surface area contributed by atoms with Gasteiger partial charge in [0.1, 0.15) is 0 Å². The summed E-state index contributed by atoms with van der Waals surface area (Å²) < 4.78 is 0. The van der Waals surface area contributed by atoms with Crippen LogP contribution in [0.15, 0.2) is 36.4 Å². The quantitative estimate of drug-likeness (QED) is 0.401. The Morgan fingerprint density at radius 1 is 0.676 bits per heavy atom. The van der Waals surface area contributed by atoms with E-state index in [1.165, 1.54) is 51.4 Å². The summed E-state index contributed by atoms with van der Waals surface area (Å²) in [6, 6.07) is 12.4. The molecular formula is C30H40N2O2. The molecule has 2 aliphatic carbocycles. The minimum absolute atomic E-state index is 0.117. The number of hydrogen-bond acceptors (Lipinski definition) is 2. The SMILES string of the molecule is Cc1cc(-c2ccc(NC(=O)CCC3CCCC3)c(C)c2)ccc1NC(=O)CCC1CCCC1. The molecule has 34 heavy (non-hydrogen) atoms. The lowest BCUT2D eigenvalue weighted by Gasteiger charge is -2.14. The second-order valence-corrected chi connectivity index (χ2v) is 10.5. The lowest BCUT2D eigenvalue weighted by molar-refractivity contribution is -0.117. The number of rotatable bonds is 9. The van der Waals surface area contributed by atoms with Crippen LogP contribution in [-0.2, 0) is 9.59 Å². The predicted octanol–water partition coefficient (Wildman–Crippen LogP) is 7.79. The number of amides is 2. The average Bonchev–Trinajstić information content (AvgIpc) is 3.53. The van der Waals surface area contributed by atoms with Crippen molar-refractivity contribution < 1.29 is 9.59 Å². The standard InChI is InChI=1S/C30H40N2O2/c1-21-19-25(13-15-27(21)31-29(33)17-11-23-7-3-4-8-23)26-14-16-28(22(2)20-26)32-30(34)18-12-24-9-5-6-10-24/h13-16,19-20,23-24H,3-12,17-18H2,1-2H3,(H,31,33)(H,32,34). The first-order valence-electron chi connectivity index (χ1n) is 13.3. The largest absolute Gasteiger partial charge is 0.326 e. The average molecular weight is 461 g/mol. The summed E-state index contributed by atoms with van der Waals surface area (Å²) in [4.78, 5) is 24.8. The van der Waals surface area contributed by atoms with Crippen molar-refractivity contribution in [1.29, 1.82) is 0 Å². The maximum atomic E-state index is 12.4. The Kier molecular flexibility index (Phi) is 8.42. The van der Waals surface area contributed by atoms with Gasteiger partial charge < -0.3 is 10.6 Å². The monoisotopic (exact) mass is 460 g/mol. The van der Waals surface area contributed by atoms with Crippen LogP contribution in [-0.4, -0.2) is 11.8 Å². The first-order valence-corrected chi connectivity index (χ1v) is 13.3. The summed E-state index contributed by atoms with van der Waals surface area (Å²) >= 11 is 0. The van der Waals surface area contributed by atoms with Crippen LogP contribution in [0, 0.1) is 25.7 Å². The van der Waals surface area contributed by atoms with Crippen molar-refractivity contribution in [3.05, 3.63) is 47.5 Å². The maximum Gasteiger partial charge on any atom is 0.224 e. The van der Waals surface area contributed by atoms with Gasteiger partial charge >= 0.3 is 0 Å². The van der Waals surface area contributed by atoms with Crippen LogP contribution >= 0.6 is 0 Å². The maximum absolute atomic E-state index is 12.4. The summed E-state index contributed by atoms with van der Waals surface area (Å²) in [5.41, 5.74) is 6.14. The third-order valence-electron chi connectivity index (χ3n) is 7.84. The topological polar surface area (TPSA) is 58.2 Å². The summed E-state index contributed by atoms with van der Waals surface area (Å²) in [5, 5.41) is 6.20. The Bertz CT molecular complexity index is 919. The van der Waals surface area contributed by atoms with E-state index < -0.39 is 0 Å². The van der Waals surface area contributed by atoms with Gasteiger partial charge in [0.25, 0.3) is 0 Å². The highest BCUT2D eigenvalue weighted by Crippen LogP contribution is 2.31. The molecule has 2 aromatic rings. The highest BCUT2D eigenvalue weighted by molar-refractivity contribution is 5.93. The Labute approximate surface area is 204 Å². The van der Waals surface area contributed by atoms with Gasteiger partial charge in [0.05, 0.1) is 0 Å². The lowest BCUT2D eigenvalue weighted by atomic mass is 9.99. The number of carbonyl (C=O) groups is 2. The molecule has 2 aromatic carbocycles. The Hall–Kier alpha value is -2.62. The minimum atomic E-state index is 0.117. The molecule has 182 valence electrons. The predicted molar refractivity (Wildman–Crippen MR) is 141 cm³/mol. The summed E-state index contributed by atoms with van der Waals surface area (Å²) in [5.74, 6) is 1.70. The Morgan fingerprint density at radius 2 is 1.06 bits per heavy atom. The molecule has 2 aliphatic rings. The molecule has 0 saturated heterocycles. The van der Waals surface area contributed by atoms with E-state index in [4.69, 9.17) is 0 Å². The van der Waals surface area contributed by atoms with Crippen LogP contribution < -0.4 is 10.6 Å². The van der Waals surface area contributed by atoms with Gasteiger partial charge in [-0.05, 0) is 85.0 Å². The van der Waals surface area contributed by atoms with Crippen LogP contribution in [0.5, 0.6) is 0 Å². The van der Waals surface area contributed by atoms with Crippen LogP contribution in [0.1, 0.15) is 88.2 Å². The highest BCUT2D eigenvalue weighted by atomic mass is 16.2. The van der Waals surface area contributed by atoms with E-state index in [1.54, 1.807) is 0 Å². The van der Waals surface area contributed by atoms with Crippen molar-refractivity contribution in [1.82, 2.24) is 0 Å². The number of anilines is 2. The zero-order chi connectivity index (χ0) is 23.9. The van der Waals surface area contributed by atoms with E-state index in [-0.39, 0.29) is 11.8 Å². The molecule has 0 bridgehead atoms. The van der Waals surface area contributed by atoms with Crippen LogP contribution in [0.4, 0.5) is 11.4 Å². The fraction of sp³-hybridized carbons (Fsp3) is 0.533. The molecule has 0 heterocycles. The van der Waals surface area contributed by atoms with Gasteiger partial charge in [-0.1, -0.05) is 63.5 Å². The van der Waals surface area contributed by atoms with Gasteiger partial charge in [-0.3, -0.25) is 9.59 Å². The number of benzene rings is 2. The lowest BCUT2D eigenvalue weighted by Crippen LogP contribution is -2.13. The fourth-order valence-corrected chi connectivity index (χ4v) is 5.66. The summed E-state index contributed by atoms with van der Waals surface area (Å²) in [6.45, 7) is 4.09. The molecule has 0 spiro atoms. The first-order chi connectivity index (χ1) is 16.5. The third-order valence-corrected chi connectivity index (χ3v) is 7.84. The minimum Gasteiger partial charge on any atom is -0.326 e. The zero-order valence-electron chi connectivity index (χ0n) is 20.9. The van der Waals surface area contributed by atoms with Crippen molar-refractivity contribution in [3.63, 3.8) is 0 Å². The van der Waals surface area contributed by atoms with E-state index in [0.717, 1.165) is 58.3 Å². The second kappa shape index (κ2) is 11.7. The van der Waals surface area contributed by atoms with Crippen molar-refractivity contribution in [2.45, 2.75) is 90.9 Å². The van der Waals surface area contributed by atoms with Gasteiger partial charge in [0.15, 0.2) is 0 Å². The molecule has 2 N–H and O–H groups in total. The van der Waals surface area contributed by atoms with Gasteiger partial charge in [0.2, 0.25) is 11.8 Å². The molecule has 4 nitrogen and oxygen atoms in total. The van der Waals surface area contributed by atoms with Crippen molar-refractivity contribution >= 4 is 23.2 Å². The molecule has 4 rings (SSSR count). The second-order valence-electron chi connectivity index (χ2n) is 10.5. The first kappa shape index (κ1) is 24.5. The molecule has 0 radical (unpaired) electrons. The van der Waals surface area contributed by atoms with Crippen LogP contribution in [0.2, 0.25) is 0 Å². The van der Waals surface area contributed by atoms with E-state index in [9.17, 15) is 9.59 Å². The fourth-order valence-electron chi connectivity index (χ4n) is 5.66. The van der Waals surface area contributed by atoms with Gasteiger partial charge in [-0.2, -0.15) is 0 Å². The smallest absolute Gasteiger partial charge is 0.224 e. The van der Waals surface area contributed by atoms with Gasteiger partial charge in [-0.25, -0.2) is 0 Å². The normalized spacial score (nSPS) is 16.6. The molecule has 0 atom stereocenters. The summed E-state index contributed by atoms with van der Waals surface area (Å²) in [6.07, 6.45) is 13.6. The molecule has 0 aliphatic heterocycles. The van der Waals surface area contributed by atoms with Gasteiger partial charge in [0, 0.05) is 24.2 Å². The molecule has 2 fully saturated rings. The zero-order valence-corrected chi connectivity index (χ0v) is 20.9. The molecule has 0 aromatic heterocycles. The third kappa shape index (κ3) is 6.71. The van der Waals surface area contributed by atoms with E-state index in [2.05, 4.69) is 34.9 Å². The number of hydrogen-bond donors (Lipinski definition) is 2. The highest BCUT2D eigenvalue weighted by Gasteiger charge is 2.18. The van der Waals surface area contributed by atoms with Crippen LogP contribution in [0.25, 0.3) is 11.1 Å². The molecule has 0 unspecified atom stereocenters. The molecule has 2 amide bonds. The number of aryl methyl sites for hydroxylation is 2. The Balaban J connectivity index is 1.32. The molecule has 4 heteroatoms. The van der Waals surface area contributed by atoms with Crippen molar-refractivity contribution in [3.8, 4) is 11.1 Å². The van der Waals surface area contributed by atoms with Gasteiger partial charge in [-0.15, -0.1) is 0 Å². The van der Waals surface area contributed by atoms with Crippen molar-refractivity contribution in [2.75, 3.05) is 10.6 Å². The molecule has 2 saturated carbocycles. The molecular weight excluding hydrogens is 420 g/mol. The van der Waals surface area contributed by atoms with Crippen molar-refractivity contribution in [2.24, 2.45) is 11.8 Å².